The van der Waals surface area contributed by atoms with E-state index in [0.717, 1.165) is 16.4 Å². The number of nitrogens with zero attached hydrogens (tertiary/aromatic N) is 2. The molecule has 3 aromatic rings. The van der Waals surface area contributed by atoms with Crippen LogP contribution in [0, 0.1) is 5.82 Å². The molecule has 2 amide bonds. The molecule has 0 saturated carbocycles. The molecular weight excluding hydrogens is 577 g/mol. The summed E-state index contributed by atoms with van der Waals surface area (Å²) in [6, 6.07) is 15.0. The molecule has 0 aliphatic rings. The predicted molar refractivity (Wildman–Crippen MR) is 161 cm³/mol. The van der Waals surface area contributed by atoms with Crippen molar-refractivity contribution in [3.63, 3.8) is 0 Å². The average Bonchev–Trinajstić information content (AvgIpc) is 3.02. The van der Waals surface area contributed by atoms with Gasteiger partial charge >= 0.3 is 0 Å². The number of carbonyl (C=O) groups excluding carboxylic acids is 2. The third kappa shape index (κ3) is 8.16. The number of methoxy groups -OCH3 is 3. The van der Waals surface area contributed by atoms with Crippen molar-refractivity contribution in [1.29, 1.82) is 0 Å². The fourth-order valence-electron chi connectivity index (χ4n) is 4.49. The minimum atomic E-state index is -4.40. The molecule has 0 spiro atoms. The molecule has 0 aromatic heterocycles. The Morgan fingerprint density at radius 2 is 1.60 bits per heavy atom. The molecule has 43 heavy (non-hydrogen) atoms. The van der Waals surface area contributed by atoms with Crippen LogP contribution in [0.5, 0.6) is 17.2 Å². The van der Waals surface area contributed by atoms with Crippen molar-refractivity contribution in [3.8, 4) is 17.2 Å². The number of nitrogens with one attached hydrogen (secondary N) is 1. The van der Waals surface area contributed by atoms with Crippen molar-refractivity contribution in [3.05, 3.63) is 78.1 Å². The summed E-state index contributed by atoms with van der Waals surface area (Å²) in [7, 11) is -0.0744. The van der Waals surface area contributed by atoms with Gasteiger partial charge in [-0.3, -0.25) is 13.9 Å². The Bertz CT molecular complexity index is 1500. The molecular formula is C31H38FN3O7S. The Hall–Kier alpha value is -4.32. The van der Waals surface area contributed by atoms with E-state index < -0.39 is 34.3 Å². The Labute approximate surface area is 252 Å². The van der Waals surface area contributed by atoms with E-state index in [0.29, 0.717) is 30.0 Å². The highest BCUT2D eigenvalue weighted by atomic mass is 32.2. The first kappa shape index (κ1) is 33.2. The molecule has 0 radical (unpaired) electrons. The SMILES string of the molecule is CCCNC(=O)[C@@H](CC)N(Cc1cccc(OC)c1)C(=O)CN(c1ccc(F)cc1)S(=O)(=O)c1ccc(OC)c(OC)c1. The van der Waals surface area contributed by atoms with Crippen LogP contribution in [0.1, 0.15) is 32.3 Å². The molecule has 0 bridgehead atoms. The Morgan fingerprint density at radius 3 is 2.21 bits per heavy atom. The summed E-state index contributed by atoms with van der Waals surface area (Å²) in [5.74, 6) is -0.494. The van der Waals surface area contributed by atoms with E-state index in [-0.39, 0.29) is 35.2 Å². The maximum Gasteiger partial charge on any atom is 0.264 e. The summed E-state index contributed by atoms with van der Waals surface area (Å²) < 4.78 is 58.8. The molecule has 0 aliphatic heterocycles. The van der Waals surface area contributed by atoms with Gasteiger partial charge in [-0.1, -0.05) is 26.0 Å². The molecule has 0 saturated heterocycles. The number of ether oxygens (including phenoxy) is 3. The topological polar surface area (TPSA) is 114 Å². The van der Waals surface area contributed by atoms with Crippen LogP contribution in [0.25, 0.3) is 0 Å². The predicted octanol–water partition coefficient (Wildman–Crippen LogP) is 4.38. The van der Waals surface area contributed by atoms with E-state index in [9.17, 15) is 22.4 Å². The third-order valence-corrected chi connectivity index (χ3v) is 8.53. The molecule has 10 nitrogen and oxygen atoms in total. The summed E-state index contributed by atoms with van der Waals surface area (Å²) in [4.78, 5) is 28.5. The number of halogens is 1. The van der Waals surface area contributed by atoms with Gasteiger partial charge in [0.15, 0.2) is 11.5 Å². The minimum Gasteiger partial charge on any atom is -0.497 e. The lowest BCUT2D eigenvalue weighted by molar-refractivity contribution is -0.140. The van der Waals surface area contributed by atoms with Gasteiger partial charge in [-0.05, 0) is 66.9 Å². The van der Waals surface area contributed by atoms with Crippen molar-refractivity contribution in [2.45, 2.75) is 44.2 Å². The van der Waals surface area contributed by atoms with Gasteiger partial charge in [0.1, 0.15) is 24.2 Å². The van der Waals surface area contributed by atoms with E-state index in [2.05, 4.69) is 5.32 Å². The number of sulfonamides is 1. The summed E-state index contributed by atoms with van der Waals surface area (Å²) in [5.41, 5.74) is 0.750. The molecule has 3 aromatic carbocycles. The number of hydrogen-bond acceptors (Lipinski definition) is 7. The van der Waals surface area contributed by atoms with Crippen molar-refractivity contribution >= 4 is 27.5 Å². The van der Waals surface area contributed by atoms with E-state index in [4.69, 9.17) is 14.2 Å². The van der Waals surface area contributed by atoms with Crippen LogP contribution < -0.4 is 23.8 Å². The lowest BCUT2D eigenvalue weighted by atomic mass is 10.1. The second-order valence-corrected chi connectivity index (χ2v) is 11.5. The fourth-order valence-corrected chi connectivity index (χ4v) is 5.92. The lowest BCUT2D eigenvalue weighted by Gasteiger charge is -2.33. The standard InChI is InChI=1S/C31H38FN3O7S/c1-6-17-33-31(37)27(7-2)34(20-22-9-8-10-25(18-22)40-3)30(36)21-35(24-13-11-23(32)12-14-24)43(38,39)26-15-16-28(41-4)29(19-26)42-5/h8-16,18-19,27H,6-7,17,20-21H2,1-5H3,(H,33,37)/t27-/m1/s1. The molecule has 1 N–H and O–H groups in total. The monoisotopic (exact) mass is 615 g/mol. The quantitative estimate of drug-likeness (QED) is 0.270. The zero-order valence-corrected chi connectivity index (χ0v) is 25.8. The zero-order chi connectivity index (χ0) is 31.6. The molecule has 0 aliphatic carbocycles. The Kier molecular flexibility index (Phi) is 11.8. The molecule has 1 atom stereocenters. The molecule has 0 fully saturated rings. The van der Waals surface area contributed by atoms with Crippen molar-refractivity contribution < 1.29 is 36.6 Å². The van der Waals surface area contributed by atoms with Gasteiger partial charge in [-0.25, -0.2) is 12.8 Å². The van der Waals surface area contributed by atoms with Crippen LogP contribution in [-0.2, 0) is 26.2 Å². The summed E-state index contributed by atoms with van der Waals surface area (Å²) in [5, 5.41) is 2.84. The number of hydrogen-bond donors (Lipinski definition) is 1. The highest BCUT2D eigenvalue weighted by molar-refractivity contribution is 7.92. The van der Waals surface area contributed by atoms with Gasteiger partial charge in [-0.2, -0.15) is 0 Å². The van der Waals surface area contributed by atoms with Crippen molar-refractivity contribution in [2.24, 2.45) is 0 Å². The first-order valence-electron chi connectivity index (χ1n) is 13.8. The normalized spacial score (nSPS) is 11.8. The number of amides is 2. The van der Waals surface area contributed by atoms with Gasteiger partial charge in [0.05, 0.1) is 31.9 Å². The van der Waals surface area contributed by atoms with Gasteiger partial charge < -0.3 is 24.4 Å². The van der Waals surface area contributed by atoms with Crippen LogP contribution in [-0.4, -0.2) is 65.6 Å². The summed E-state index contributed by atoms with van der Waals surface area (Å²) >= 11 is 0. The smallest absolute Gasteiger partial charge is 0.264 e. The second kappa shape index (κ2) is 15.2. The van der Waals surface area contributed by atoms with E-state index in [1.807, 2.05) is 6.92 Å². The fraction of sp³-hybridized carbons (Fsp3) is 0.355. The first-order chi connectivity index (χ1) is 20.6. The first-order valence-corrected chi connectivity index (χ1v) is 15.2. The lowest BCUT2D eigenvalue weighted by Crippen LogP contribution is -2.52. The van der Waals surface area contributed by atoms with Crippen LogP contribution in [0.3, 0.4) is 0 Å². The van der Waals surface area contributed by atoms with Gasteiger partial charge in [-0.15, -0.1) is 0 Å². The number of carbonyl (C=O) groups is 2. The Balaban J connectivity index is 2.09. The van der Waals surface area contributed by atoms with E-state index >= 15 is 0 Å². The Morgan fingerprint density at radius 1 is 0.907 bits per heavy atom. The summed E-state index contributed by atoms with van der Waals surface area (Å²) in [6.07, 6.45) is 0.984. The van der Waals surface area contributed by atoms with Crippen LogP contribution in [0.2, 0.25) is 0 Å². The molecule has 3 rings (SSSR count). The third-order valence-electron chi connectivity index (χ3n) is 6.76. The minimum absolute atomic E-state index is 0.0156. The second-order valence-electron chi connectivity index (χ2n) is 9.59. The largest absolute Gasteiger partial charge is 0.497 e. The number of anilines is 1. The van der Waals surface area contributed by atoms with Crippen molar-refractivity contribution in [1.82, 2.24) is 10.2 Å². The van der Waals surface area contributed by atoms with E-state index in [1.165, 1.54) is 56.6 Å². The van der Waals surface area contributed by atoms with Gasteiger partial charge in [0.2, 0.25) is 11.8 Å². The summed E-state index contributed by atoms with van der Waals surface area (Å²) in [6.45, 7) is 3.47. The van der Waals surface area contributed by atoms with Crippen molar-refractivity contribution in [2.75, 3.05) is 38.7 Å². The highest BCUT2D eigenvalue weighted by Crippen LogP contribution is 2.32. The molecule has 0 unspecified atom stereocenters. The highest BCUT2D eigenvalue weighted by Gasteiger charge is 2.34. The number of benzene rings is 3. The zero-order valence-electron chi connectivity index (χ0n) is 25.0. The van der Waals surface area contributed by atoms with Crippen LogP contribution >= 0.6 is 0 Å². The van der Waals surface area contributed by atoms with Gasteiger partial charge in [0, 0.05) is 19.2 Å². The van der Waals surface area contributed by atoms with Crippen LogP contribution in [0.15, 0.2) is 71.6 Å². The molecule has 232 valence electrons. The van der Waals surface area contributed by atoms with Gasteiger partial charge in [0.25, 0.3) is 10.0 Å². The maximum absolute atomic E-state index is 14.1. The van der Waals surface area contributed by atoms with E-state index in [1.54, 1.807) is 31.2 Å². The molecule has 12 heteroatoms. The molecule has 0 heterocycles. The number of rotatable bonds is 15. The average molecular weight is 616 g/mol. The van der Waals surface area contributed by atoms with Crippen LogP contribution in [0.4, 0.5) is 10.1 Å². The maximum atomic E-state index is 14.1.